The highest BCUT2D eigenvalue weighted by molar-refractivity contribution is 6.34. The molecule has 0 saturated heterocycles. The number of aromatic amines is 1. The fourth-order valence-electron chi connectivity index (χ4n) is 4.02. The second kappa shape index (κ2) is 11.3. The summed E-state index contributed by atoms with van der Waals surface area (Å²) in [6, 6.07) is 11.1. The zero-order valence-corrected chi connectivity index (χ0v) is 21.0. The maximum Gasteiger partial charge on any atom is 0.573 e. The number of benzene rings is 3. The molecular weight excluding hydrogens is 544 g/mol. The van der Waals surface area contributed by atoms with E-state index in [9.17, 15) is 32.3 Å². The Morgan fingerprint density at radius 2 is 1.79 bits per heavy atom. The normalized spacial score (nSPS) is 12.3. The number of aliphatic hydroxyl groups excluding tert-OH is 1. The Balaban J connectivity index is 1.65. The summed E-state index contributed by atoms with van der Waals surface area (Å²) in [4.78, 5) is 25.1. The van der Waals surface area contributed by atoms with Crippen molar-refractivity contribution in [2.75, 3.05) is 13.7 Å². The summed E-state index contributed by atoms with van der Waals surface area (Å²) in [5.74, 6) is -2.74. The number of nitrogens with one attached hydrogen (secondary N) is 3. The predicted molar refractivity (Wildman–Crippen MR) is 135 cm³/mol. The summed E-state index contributed by atoms with van der Waals surface area (Å²) in [6.45, 7) is -0.605. The lowest BCUT2D eigenvalue weighted by Crippen LogP contribution is -2.39. The summed E-state index contributed by atoms with van der Waals surface area (Å²) < 4.78 is 57.6. The molecule has 0 aliphatic rings. The lowest BCUT2D eigenvalue weighted by molar-refractivity contribution is -0.274. The molecule has 0 aliphatic heterocycles. The number of hydrogen-bond donors (Lipinski definition) is 4. The maximum absolute atomic E-state index is 14.3. The highest BCUT2D eigenvalue weighted by Gasteiger charge is 2.33. The van der Waals surface area contributed by atoms with Crippen LogP contribution in [0, 0.1) is 5.82 Å². The topological polar surface area (TPSA) is 116 Å². The average Bonchev–Trinajstić information content (AvgIpc) is 3.31. The van der Waals surface area contributed by atoms with Crippen molar-refractivity contribution in [2.45, 2.75) is 18.8 Å². The molecule has 0 unspecified atom stereocenters. The Bertz CT molecular complexity index is 1540. The number of amides is 2. The van der Waals surface area contributed by atoms with E-state index >= 15 is 0 Å². The number of rotatable bonds is 8. The van der Waals surface area contributed by atoms with Crippen LogP contribution in [0.5, 0.6) is 5.75 Å². The molecule has 0 bridgehead atoms. The maximum atomic E-state index is 14.3. The largest absolute Gasteiger partial charge is 0.573 e. The minimum Gasteiger partial charge on any atom is -0.405 e. The third-order valence-electron chi connectivity index (χ3n) is 5.83. The second-order valence-corrected chi connectivity index (χ2v) is 8.83. The Kier molecular flexibility index (Phi) is 8.07. The minimum atomic E-state index is -5.09. The van der Waals surface area contributed by atoms with Crippen molar-refractivity contribution in [1.29, 1.82) is 0 Å². The van der Waals surface area contributed by atoms with Crippen LogP contribution in [0.2, 0.25) is 5.02 Å². The first-order chi connectivity index (χ1) is 18.5. The van der Waals surface area contributed by atoms with Crippen molar-refractivity contribution in [3.8, 4) is 16.9 Å². The molecule has 1 aromatic heterocycles. The SMILES string of the molecule is CNC(=O)c1ccc(-c2ccc(OC(F)(F)F)c(C(=O)N[C@@H](CO)Cc3[nH]nc4cccc(F)c34)c2)cc1Cl. The van der Waals surface area contributed by atoms with Crippen molar-refractivity contribution in [3.05, 3.63) is 82.3 Å². The average molecular weight is 565 g/mol. The number of nitrogens with zero attached hydrogens (tertiary/aromatic N) is 1. The summed E-state index contributed by atoms with van der Waals surface area (Å²) in [5, 5.41) is 21.7. The molecule has 4 N–H and O–H groups in total. The van der Waals surface area contributed by atoms with Gasteiger partial charge in [-0.2, -0.15) is 5.10 Å². The summed E-state index contributed by atoms with van der Waals surface area (Å²) in [6.07, 6.45) is -5.18. The number of aromatic nitrogens is 2. The van der Waals surface area contributed by atoms with Gasteiger partial charge in [-0.25, -0.2) is 4.39 Å². The van der Waals surface area contributed by atoms with Crippen LogP contribution >= 0.6 is 11.6 Å². The van der Waals surface area contributed by atoms with Gasteiger partial charge in [-0.1, -0.05) is 29.8 Å². The first kappa shape index (κ1) is 27.9. The molecule has 204 valence electrons. The van der Waals surface area contributed by atoms with Gasteiger partial charge in [0.15, 0.2) is 0 Å². The van der Waals surface area contributed by atoms with E-state index in [4.69, 9.17) is 11.6 Å². The zero-order valence-electron chi connectivity index (χ0n) is 20.2. The second-order valence-electron chi connectivity index (χ2n) is 8.43. The summed E-state index contributed by atoms with van der Waals surface area (Å²) in [7, 11) is 1.43. The molecule has 0 radical (unpaired) electrons. The smallest absolute Gasteiger partial charge is 0.405 e. The number of halogens is 5. The van der Waals surface area contributed by atoms with Crippen molar-refractivity contribution < 1.29 is 37.0 Å². The molecule has 4 aromatic rings. The van der Waals surface area contributed by atoms with E-state index in [2.05, 4.69) is 25.6 Å². The number of H-pyrrole nitrogens is 1. The zero-order chi connectivity index (χ0) is 28.3. The lowest BCUT2D eigenvalue weighted by atomic mass is 10.00. The summed E-state index contributed by atoms with van der Waals surface area (Å²) in [5.41, 5.74) is 1.05. The molecule has 1 heterocycles. The molecule has 0 aliphatic carbocycles. The van der Waals surface area contributed by atoms with Crippen molar-refractivity contribution >= 4 is 34.3 Å². The van der Waals surface area contributed by atoms with Gasteiger partial charge in [-0.15, -0.1) is 13.2 Å². The molecule has 8 nitrogen and oxygen atoms in total. The number of carbonyl (C=O) groups is 2. The Hall–Kier alpha value is -4.16. The molecule has 0 fully saturated rings. The van der Waals surface area contributed by atoms with Crippen LogP contribution in [-0.4, -0.2) is 53.2 Å². The van der Waals surface area contributed by atoms with Crippen molar-refractivity contribution in [3.63, 3.8) is 0 Å². The number of aliphatic hydroxyl groups is 1. The van der Waals surface area contributed by atoms with E-state index in [1.54, 1.807) is 6.07 Å². The number of fused-ring (bicyclic) bond motifs is 1. The fraction of sp³-hybridized carbons (Fsp3) is 0.192. The van der Waals surface area contributed by atoms with Crippen LogP contribution in [0.25, 0.3) is 22.0 Å². The molecule has 1 atom stereocenters. The van der Waals surface area contributed by atoms with Crippen LogP contribution in [0.3, 0.4) is 0 Å². The minimum absolute atomic E-state index is 0.0906. The van der Waals surface area contributed by atoms with E-state index in [0.717, 1.165) is 6.07 Å². The molecule has 4 rings (SSSR count). The van der Waals surface area contributed by atoms with Gasteiger partial charge < -0.3 is 20.5 Å². The van der Waals surface area contributed by atoms with Gasteiger partial charge in [-0.05, 0) is 47.5 Å². The van der Waals surface area contributed by atoms with Gasteiger partial charge in [0.2, 0.25) is 0 Å². The predicted octanol–water partition coefficient (Wildman–Crippen LogP) is 4.61. The first-order valence-corrected chi connectivity index (χ1v) is 11.8. The molecule has 39 heavy (non-hydrogen) atoms. The van der Waals surface area contributed by atoms with Gasteiger partial charge in [0.05, 0.1) is 39.7 Å². The first-order valence-electron chi connectivity index (χ1n) is 11.5. The number of alkyl halides is 3. The highest BCUT2D eigenvalue weighted by Crippen LogP contribution is 2.32. The third kappa shape index (κ3) is 6.29. The summed E-state index contributed by atoms with van der Waals surface area (Å²) >= 11 is 6.21. The van der Waals surface area contributed by atoms with Crippen LogP contribution < -0.4 is 15.4 Å². The molecule has 0 spiro atoms. The highest BCUT2D eigenvalue weighted by atomic mass is 35.5. The van der Waals surface area contributed by atoms with Gasteiger partial charge in [-0.3, -0.25) is 14.7 Å². The fourth-order valence-corrected chi connectivity index (χ4v) is 4.29. The number of hydrogen-bond acceptors (Lipinski definition) is 5. The van der Waals surface area contributed by atoms with E-state index in [-0.39, 0.29) is 28.1 Å². The van der Waals surface area contributed by atoms with E-state index < -0.39 is 48.0 Å². The standard InChI is InChI=1S/C26H21ClF4N4O4/c1-32-24(37)16-7-5-14(10-18(16)27)13-6-8-22(39-26(29,30)31)17(9-13)25(38)33-15(12-36)11-21-23-19(28)3-2-4-20(23)34-35-21/h2-10,15,36H,11-12H2,1H3,(H,32,37)(H,33,38)(H,34,35)/t15-/m1/s1. The van der Waals surface area contributed by atoms with Gasteiger partial charge in [0.25, 0.3) is 11.8 Å². The number of carbonyl (C=O) groups excluding carboxylic acids is 2. The van der Waals surface area contributed by atoms with E-state index in [0.29, 0.717) is 16.6 Å². The Labute approximate surface area is 223 Å². The lowest BCUT2D eigenvalue weighted by Gasteiger charge is -2.19. The molecule has 13 heteroatoms. The van der Waals surface area contributed by atoms with E-state index in [1.807, 2.05) is 0 Å². The third-order valence-corrected chi connectivity index (χ3v) is 6.15. The van der Waals surface area contributed by atoms with Gasteiger partial charge in [0, 0.05) is 19.2 Å². The van der Waals surface area contributed by atoms with Gasteiger partial charge in [0.1, 0.15) is 11.6 Å². The van der Waals surface area contributed by atoms with Crippen LogP contribution in [0.4, 0.5) is 17.6 Å². The number of ether oxygens (including phenoxy) is 1. The van der Waals surface area contributed by atoms with Crippen molar-refractivity contribution in [2.24, 2.45) is 0 Å². The molecule has 3 aromatic carbocycles. The Morgan fingerprint density at radius 1 is 1.08 bits per heavy atom. The quantitative estimate of drug-likeness (QED) is 0.233. The monoisotopic (exact) mass is 564 g/mol. The molecule has 0 saturated carbocycles. The van der Waals surface area contributed by atoms with Crippen LogP contribution in [0.1, 0.15) is 26.4 Å². The van der Waals surface area contributed by atoms with Gasteiger partial charge >= 0.3 is 6.36 Å². The van der Waals surface area contributed by atoms with E-state index in [1.165, 1.54) is 49.5 Å². The molecular formula is C26H21ClF4N4O4. The van der Waals surface area contributed by atoms with Crippen LogP contribution in [0.15, 0.2) is 54.6 Å². The van der Waals surface area contributed by atoms with Crippen molar-refractivity contribution in [1.82, 2.24) is 20.8 Å². The van der Waals surface area contributed by atoms with Crippen LogP contribution in [-0.2, 0) is 6.42 Å². The Morgan fingerprint density at radius 3 is 2.46 bits per heavy atom. The molecule has 2 amide bonds.